The molecule has 0 radical (unpaired) electrons. The van der Waals surface area contributed by atoms with Crippen LogP contribution in [0.25, 0.3) is 0 Å². The Morgan fingerprint density at radius 1 is 0.583 bits per heavy atom. The second-order valence-corrected chi connectivity index (χ2v) is 12.5. The lowest BCUT2D eigenvalue weighted by atomic mass is 10.6. The maximum atomic E-state index is 7.00. The average molecular weight is 612 g/mol. The largest absolute Gasteiger partial charge is 0.500 e. The smallest absolute Gasteiger partial charge is 0.400 e. The number of hydrogen-bond acceptors (Lipinski definition) is 7. The van der Waals surface area contributed by atoms with Crippen molar-refractivity contribution >= 4 is 62.8 Å². The Labute approximate surface area is 177 Å². The third-order valence-corrected chi connectivity index (χ3v) is 10.3. The fourth-order valence-electron chi connectivity index (χ4n) is 1.68. The molecule has 0 aromatic heterocycles. The fourth-order valence-corrected chi connectivity index (χ4v) is 7.33. The lowest BCUT2D eigenvalue weighted by Crippen LogP contribution is -2.42. The van der Waals surface area contributed by atoms with Crippen LogP contribution >= 0.6 is 45.2 Å². The van der Waals surface area contributed by atoms with E-state index in [9.17, 15) is 0 Å². The van der Waals surface area contributed by atoms with Gasteiger partial charge in [0.25, 0.3) is 0 Å². The van der Waals surface area contributed by atoms with E-state index in [-0.39, 0.29) is 0 Å². The van der Waals surface area contributed by atoms with Crippen molar-refractivity contribution in [2.45, 2.75) is 24.9 Å². The Morgan fingerprint density at radius 3 is 0.917 bits per heavy atom. The van der Waals surface area contributed by atoms with E-state index < -0.39 is 17.6 Å². The molecule has 0 aliphatic carbocycles. The zero-order valence-electron chi connectivity index (χ0n) is 15.9. The predicted octanol–water partition coefficient (Wildman–Crippen LogP) is 2.99. The SMILES string of the molecule is CO.CO[Si](CCCI)(OC)OC.CO[Si](CCCI)(OC)OC. The number of halogens is 2. The van der Waals surface area contributed by atoms with Gasteiger partial charge >= 0.3 is 17.6 Å². The van der Waals surface area contributed by atoms with E-state index in [1.54, 1.807) is 42.7 Å². The molecule has 0 aliphatic rings. The van der Waals surface area contributed by atoms with Crippen LogP contribution in [0.4, 0.5) is 0 Å². The van der Waals surface area contributed by atoms with Crippen molar-refractivity contribution in [3.63, 3.8) is 0 Å². The van der Waals surface area contributed by atoms with Crippen LogP contribution in [-0.4, -0.2) is 81.3 Å². The Kier molecular flexibility index (Phi) is 26.5. The lowest BCUT2D eigenvalue weighted by molar-refractivity contribution is 0.123. The van der Waals surface area contributed by atoms with Crippen LogP contribution < -0.4 is 0 Å². The number of hydrogen-bond donors (Lipinski definition) is 1. The van der Waals surface area contributed by atoms with Crippen molar-refractivity contribution in [2.75, 3.05) is 58.6 Å². The molecule has 150 valence electrons. The summed E-state index contributed by atoms with van der Waals surface area (Å²) in [6, 6.07) is 1.80. The highest BCUT2D eigenvalue weighted by atomic mass is 127. The van der Waals surface area contributed by atoms with Gasteiger partial charge in [0.2, 0.25) is 0 Å². The van der Waals surface area contributed by atoms with Gasteiger partial charge in [-0.05, 0) is 21.7 Å². The van der Waals surface area contributed by atoms with Crippen molar-refractivity contribution in [3.05, 3.63) is 0 Å². The van der Waals surface area contributed by atoms with Crippen molar-refractivity contribution in [2.24, 2.45) is 0 Å². The van der Waals surface area contributed by atoms with E-state index >= 15 is 0 Å². The van der Waals surface area contributed by atoms with Gasteiger partial charge in [0.05, 0.1) is 0 Å². The maximum absolute atomic E-state index is 7.00. The molecule has 24 heavy (non-hydrogen) atoms. The molecule has 11 heteroatoms. The normalized spacial score (nSPS) is 11.2. The third kappa shape index (κ3) is 13.8. The van der Waals surface area contributed by atoms with E-state index in [0.717, 1.165) is 40.9 Å². The molecule has 0 bridgehead atoms. The van der Waals surface area contributed by atoms with E-state index in [2.05, 4.69) is 45.2 Å². The van der Waals surface area contributed by atoms with E-state index in [4.69, 9.17) is 31.7 Å². The van der Waals surface area contributed by atoms with Crippen LogP contribution in [-0.2, 0) is 26.6 Å². The minimum Gasteiger partial charge on any atom is -0.400 e. The molecule has 0 heterocycles. The number of aliphatic hydroxyl groups excluding tert-OH is 1. The van der Waals surface area contributed by atoms with Gasteiger partial charge in [-0.1, -0.05) is 45.2 Å². The van der Waals surface area contributed by atoms with Gasteiger partial charge < -0.3 is 31.7 Å². The maximum Gasteiger partial charge on any atom is 0.500 e. The summed E-state index contributed by atoms with van der Waals surface area (Å²) < 4.78 is 33.6. The molecule has 0 aliphatic heterocycles. The Hall–Kier alpha value is 1.61. The molecule has 7 nitrogen and oxygen atoms in total. The van der Waals surface area contributed by atoms with Crippen LogP contribution in [0, 0.1) is 0 Å². The van der Waals surface area contributed by atoms with Gasteiger partial charge in [0, 0.05) is 61.9 Å². The first-order valence-corrected chi connectivity index (χ1v) is 14.3. The summed E-state index contributed by atoms with van der Waals surface area (Å²) in [5, 5.41) is 7.00. The molecule has 0 aromatic carbocycles. The van der Waals surface area contributed by atoms with Gasteiger partial charge in [-0.2, -0.15) is 0 Å². The predicted molar refractivity (Wildman–Crippen MR) is 118 cm³/mol. The van der Waals surface area contributed by atoms with Gasteiger partial charge in [-0.25, -0.2) is 0 Å². The molecule has 0 saturated carbocycles. The summed E-state index contributed by atoms with van der Waals surface area (Å²) in [6.45, 7) is 0. The summed E-state index contributed by atoms with van der Waals surface area (Å²) >= 11 is 4.66. The van der Waals surface area contributed by atoms with E-state index in [0.29, 0.717) is 0 Å². The number of aliphatic hydroxyl groups is 1. The first kappa shape index (κ1) is 30.3. The highest BCUT2D eigenvalue weighted by Gasteiger charge is 2.37. The number of rotatable bonds is 12. The van der Waals surface area contributed by atoms with Crippen LogP contribution in [0.15, 0.2) is 0 Å². The monoisotopic (exact) mass is 612 g/mol. The average Bonchev–Trinajstić information content (AvgIpc) is 2.67. The lowest BCUT2D eigenvalue weighted by Gasteiger charge is -2.23. The number of alkyl halides is 2. The van der Waals surface area contributed by atoms with Gasteiger partial charge in [0.1, 0.15) is 0 Å². The van der Waals surface area contributed by atoms with Crippen LogP contribution in [0.2, 0.25) is 12.1 Å². The standard InChI is InChI=1S/2C6H15IO3Si.CH4O/c2*1-8-11(9-2,10-3)6-4-5-7;1-2/h2*4-6H2,1-3H3;2H,1H3. The second kappa shape index (κ2) is 20.9. The van der Waals surface area contributed by atoms with Crippen molar-refractivity contribution in [3.8, 4) is 0 Å². The summed E-state index contributed by atoms with van der Waals surface area (Å²) in [5.74, 6) is 0. The Bertz CT molecular complexity index is 206. The first-order valence-electron chi connectivity index (χ1n) is 7.36. The zero-order chi connectivity index (χ0) is 19.5. The molecule has 0 fully saturated rings. The van der Waals surface area contributed by atoms with Crippen LogP contribution in [0.1, 0.15) is 12.8 Å². The van der Waals surface area contributed by atoms with E-state index in [1.165, 1.54) is 0 Å². The third-order valence-electron chi connectivity index (χ3n) is 3.10. The van der Waals surface area contributed by atoms with Crippen molar-refractivity contribution in [1.29, 1.82) is 0 Å². The highest BCUT2D eigenvalue weighted by molar-refractivity contribution is 14.1. The summed E-state index contributed by atoms with van der Waals surface area (Å²) in [4.78, 5) is 0. The molecule has 0 spiro atoms. The van der Waals surface area contributed by atoms with Crippen molar-refractivity contribution < 1.29 is 31.7 Å². The van der Waals surface area contributed by atoms with Crippen LogP contribution in [0.3, 0.4) is 0 Å². The summed E-state index contributed by atoms with van der Waals surface area (Å²) in [6.07, 6.45) is 2.17. The quantitative estimate of drug-likeness (QED) is 0.207. The van der Waals surface area contributed by atoms with Gasteiger partial charge in [-0.15, -0.1) is 0 Å². The molecular weight excluding hydrogens is 578 g/mol. The molecule has 0 saturated heterocycles. The van der Waals surface area contributed by atoms with E-state index in [1.807, 2.05) is 0 Å². The summed E-state index contributed by atoms with van der Waals surface area (Å²) in [5.41, 5.74) is 0. The Morgan fingerprint density at radius 2 is 0.792 bits per heavy atom. The zero-order valence-corrected chi connectivity index (χ0v) is 22.2. The first-order chi connectivity index (χ1) is 11.5. The molecular formula is C13H34I2O7Si2. The molecule has 0 unspecified atom stereocenters. The molecule has 1 N–H and O–H groups in total. The van der Waals surface area contributed by atoms with Crippen molar-refractivity contribution in [1.82, 2.24) is 0 Å². The van der Waals surface area contributed by atoms with Gasteiger partial charge in [-0.3, -0.25) is 0 Å². The minimum atomic E-state index is -2.24. The van der Waals surface area contributed by atoms with Crippen LogP contribution in [0.5, 0.6) is 0 Å². The second-order valence-electron chi connectivity index (χ2n) is 4.18. The molecule has 0 atom stereocenters. The molecule has 0 amide bonds. The van der Waals surface area contributed by atoms with Gasteiger partial charge in [0.15, 0.2) is 0 Å². The Balaban J connectivity index is -0.000000333. The minimum absolute atomic E-state index is 0.902. The fraction of sp³-hybridized carbons (Fsp3) is 1.00. The molecule has 0 aromatic rings. The topological polar surface area (TPSA) is 75.6 Å². The highest BCUT2D eigenvalue weighted by Crippen LogP contribution is 2.16. The molecule has 0 rings (SSSR count). The summed E-state index contributed by atoms with van der Waals surface area (Å²) in [7, 11) is 6.39.